The second-order valence-corrected chi connectivity index (χ2v) is 10.7. The molecule has 6 atom stereocenters. The van der Waals surface area contributed by atoms with Gasteiger partial charge in [-0.15, -0.1) is 0 Å². The Balaban J connectivity index is 1.22. The number of hydrazine groups is 1. The number of carbonyl (C=O) groups is 1. The van der Waals surface area contributed by atoms with Crippen LogP contribution >= 0.6 is 0 Å². The molecule has 2 aliphatic heterocycles. The summed E-state index contributed by atoms with van der Waals surface area (Å²) in [7, 11) is 2.18. The molecule has 33 heavy (non-hydrogen) atoms. The van der Waals surface area contributed by atoms with Gasteiger partial charge in [-0.25, -0.2) is 10.9 Å². The molecule has 0 aromatic carbocycles. The van der Waals surface area contributed by atoms with Crippen LogP contribution in [0.3, 0.4) is 0 Å². The summed E-state index contributed by atoms with van der Waals surface area (Å²) < 4.78 is 0. The molecule has 1 amide bonds. The summed E-state index contributed by atoms with van der Waals surface area (Å²) in [5.41, 5.74) is 6.92. The number of aliphatic hydroxyl groups is 1. The van der Waals surface area contributed by atoms with Crippen LogP contribution in [0.5, 0.6) is 0 Å². The highest BCUT2D eigenvalue weighted by molar-refractivity contribution is 5.79. The zero-order valence-corrected chi connectivity index (χ0v) is 20.5. The molecular formula is C24H47N7O2. The first-order valence-corrected chi connectivity index (χ1v) is 13.5. The van der Waals surface area contributed by atoms with E-state index >= 15 is 0 Å². The predicted octanol–water partition coefficient (Wildman–Crippen LogP) is 0.183. The normalized spacial score (nSPS) is 35.4. The maximum Gasteiger partial charge on any atom is 0.223 e. The molecular weight excluding hydrogens is 418 g/mol. The largest absolute Gasteiger partial charge is 0.396 e. The molecule has 2 heterocycles. The van der Waals surface area contributed by atoms with E-state index in [9.17, 15) is 9.90 Å². The van der Waals surface area contributed by atoms with E-state index in [1.54, 1.807) is 0 Å². The van der Waals surface area contributed by atoms with Crippen LogP contribution in [0.25, 0.3) is 0 Å². The first-order chi connectivity index (χ1) is 16.2. The van der Waals surface area contributed by atoms with Crippen molar-refractivity contribution in [1.82, 2.24) is 37.0 Å². The fourth-order valence-corrected chi connectivity index (χ4v) is 6.37. The monoisotopic (exact) mass is 465 g/mol. The molecule has 2 saturated carbocycles. The molecule has 9 heteroatoms. The van der Waals surface area contributed by atoms with E-state index in [1.165, 1.54) is 32.1 Å². The van der Waals surface area contributed by atoms with Crippen molar-refractivity contribution in [1.29, 1.82) is 0 Å². The van der Waals surface area contributed by atoms with Crippen LogP contribution < -0.4 is 32.1 Å². The molecule has 4 fully saturated rings. The van der Waals surface area contributed by atoms with Crippen molar-refractivity contribution in [2.45, 2.75) is 101 Å². The highest BCUT2D eigenvalue weighted by Gasteiger charge is 2.36. The van der Waals surface area contributed by atoms with Crippen molar-refractivity contribution < 1.29 is 9.90 Å². The fraction of sp³-hybridized carbons (Fsp3) is 0.958. The summed E-state index contributed by atoms with van der Waals surface area (Å²) in [4.78, 5) is 15.5. The Labute approximate surface area is 199 Å². The van der Waals surface area contributed by atoms with Gasteiger partial charge < -0.3 is 21.1 Å². The molecule has 5 unspecified atom stereocenters. The van der Waals surface area contributed by atoms with Gasteiger partial charge in [-0.2, -0.15) is 0 Å². The molecule has 4 aliphatic rings. The van der Waals surface area contributed by atoms with Crippen LogP contribution in [-0.4, -0.2) is 79.8 Å². The molecule has 0 aromatic rings. The van der Waals surface area contributed by atoms with E-state index in [-0.39, 0.29) is 36.8 Å². The molecule has 0 bridgehead atoms. The Kier molecular flexibility index (Phi) is 9.78. The lowest BCUT2D eigenvalue weighted by Gasteiger charge is -2.35. The molecule has 9 nitrogen and oxygen atoms in total. The van der Waals surface area contributed by atoms with E-state index in [4.69, 9.17) is 0 Å². The van der Waals surface area contributed by atoms with Crippen molar-refractivity contribution in [3.05, 3.63) is 0 Å². The number of aliphatic hydroxyl groups excluding tert-OH is 1. The smallest absolute Gasteiger partial charge is 0.223 e. The van der Waals surface area contributed by atoms with E-state index in [0.717, 1.165) is 51.9 Å². The van der Waals surface area contributed by atoms with Crippen molar-refractivity contribution in [2.75, 3.05) is 33.4 Å². The molecule has 2 saturated heterocycles. The Morgan fingerprint density at radius 1 is 1.09 bits per heavy atom. The van der Waals surface area contributed by atoms with Gasteiger partial charge in [0.15, 0.2) is 0 Å². The number of hydrogen-bond donors (Lipinski definition) is 7. The van der Waals surface area contributed by atoms with E-state index < -0.39 is 0 Å². The number of hydrogen-bond acceptors (Lipinski definition) is 8. The van der Waals surface area contributed by atoms with Gasteiger partial charge in [-0.05, 0) is 64.5 Å². The van der Waals surface area contributed by atoms with E-state index in [1.807, 2.05) is 0 Å². The maximum atomic E-state index is 13.1. The zero-order valence-electron chi connectivity index (χ0n) is 20.5. The van der Waals surface area contributed by atoms with E-state index in [2.05, 4.69) is 44.1 Å². The molecule has 190 valence electrons. The summed E-state index contributed by atoms with van der Waals surface area (Å²) in [6.07, 6.45) is 12.6. The topological polar surface area (TPSA) is 113 Å². The third kappa shape index (κ3) is 6.87. The van der Waals surface area contributed by atoms with Crippen molar-refractivity contribution in [3.63, 3.8) is 0 Å². The highest BCUT2D eigenvalue weighted by atomic mass is 16.3. The second-order valence-electron chi connectivity index (χ2n) is 10.7. The Morgan fingerprint density at radius 3 is 2.70 bits per heavy atom. The third-order valence-corrected chi connectivity index (χ3v) is 8.46. The lowest BCUT2D eigenvalue weighted by molar-refractivity contribution is -0.127. The van der Waals surface area contributed by atoms with Gasteiger partial charge in [-0.3, -0.25) is 15.0 Å². The number of nitrogens with one attached hydrogen (secondary N) is 6. The van der Waals surface area contributed by atoms with Gasteiger partial charge >= 0.3 is 0 Å². The Bertz CT molecular complexity index is 597. The van der Waals surface area contributed by atoms with Crippen LogP contribution in [0, 0.1) is 11.8 Å². The molecule has 2 aliphatic carbocycles. The van der Waals surface area contributed by atoms with Gasteiger partial charge in [-0.1, -0.05) is 25.7 Å². The van der Waals surface area contributed by atoms with Crippen LogP contribution in [0.1, 0.15) is 70.6 Å². The van der Waals surface area contributed by atoms with Crippen LogP contribution in [0.4, 0.5) is 0 Å². The van der Waals surface area contributed by atoms with E-state index in [0.29, 0.717) is 24.4 Å². The molecule has 7 N–H and O–H groups in total. The highest BCUT2D eigenvalue weighted by Crippen LogP contribution is 2.29. The van der Waals surface area contributed by atoms with Crippen LogP contribution in [0.15, 0.2) is 0 Å². The third-order valence-electron chi connectivity index (χ3n) is 8.46. The minimum atomic E-state index is 0.0834. The lowest BCUT2D eigenvalue weighted by Crippen LogP contribution is -2.58. The SMILES string of the molecule is CN1C(CNC2CCCC(C(=O)N[C@@H](CCO)C3CCCCC3)C2)NNC1C1CCNCN1. The molecule has 0 aromatic heterocycles. The summed E-state index contributed by atoms with van der Waals surface area (Å²) in [6, 6.07) is 0.957. The molecule has 4 rings (SSSR count). The first kappa shape index (κ1) is 25.3. The van der Waals surface area contributed by atoms with Gasteiger partial charge in [0, 0.05) is 43.9 Å². The average Bonchev–Trinajstić information content (AvgIpc) is 3.23. The van der Waals surface area contributed by atoms with Crippen molar-refractivity contribution >= 4 is 5.91 Å². The number of rotatable bonds is 9. The number of amides is 1. The minimum Gasteiger partial charge on any atom is -0.396 e. The molecule has 0 spiro atoms. The summed E-state index contributed by atoms with van der Waals surface area (Å²) in [5, 5.41) is 23.5. The summed E-state index contributed by atoms with van der Waals surface area (Å²) >= 11 is 0. The predicted molar refractivity (Wildman–Crippen MR) is 130 cm³/mol. The Morgan fingerprint density at radius 2 is 1.94 bits per heavy atom. The molecule has 0 radical (unpaired) electrons. The van der Waals surface area contributed by atoms with Crippen molar-refractivity contribution in [3.8, 4) is 0 Å². The fourth-order valence-electron chi connectivity index (χ4n) is 6.37. The van der Waals surface area contributed by atoms with Gasteiger partial charge in [0.05, 0.1) is 12.3 Å². The standard InChI is InChI=1S/C24H47N7O2/c1-31-22(29-30-23(31)21-10-12-25-16-27-21)15-26-19-9-5-8-18(14-19)24(33)28-20(11-13-32)17-6-3-2-4-7-17/h17-23,25-27,29-30,32H,2-16H2,1H3,(H,28,33)/t18?,19?,20-,21?,22?,23?/m0/s1. The quantitative estimate of drug-likeness (QED) is 0.258. The maximum absolute atomic E-state index is 13.1. The number of nitrogens with zero attached hydrogens (tertiary/aromatic N) is 1. The lowest BCUT2D eigenvalue weighted by atomic mass is 9.81. The van der Waals surface area contributed by atoms with Gasteiger partial charge in [0.2, 0.25) is 5.91 Å². The van der Waals surface area contributed by atoms with Crippen LogP contribution in [-0.2, 0) is 4.79 Å². The van der Waals surface area contributed by atoms with Gasteiger partial charge in [0.1, 0.15) is 0 Å². The second kappa shape index (κ2) is 12.8. The average molecular weight is 466 g/mol. The zero-order chi connectivity index (χ0) is 23.0. The Hall–Kier alpha value is -0.810. The summed E-state index contributed by atoms with van der Waals surface area (Å²) in [5.74, 6) is 0.826. The number of likely N-dealkylation sites (N-methyl/N-ethyl adjacent to an activating group) is 1. The summed E-state index contributed by atoms with van der Waals surface area (Å²) in [6.45, 7) is 2.93. The number of carbonyl (C=O) groups excluding carboxylic acids is 1. The minimum absolute atomic E-state index is 0.0834. The van der Waals surface area contributed by atoms with Crippen LogP contribution in [0.2, 0.25) is 0 Å². The van der Waals surface area contributed by atoms with Gasteiger partial charge in [0.25, 0.3) is 0 Å². The van der Waals surface area contributed by atoms with Crippen molar-refractivity contribution in [2.24, 2.45) is 11.8 Å². The first-order valence-electron chi connectivity index (χ1n) is 13.5.